The van der Waals surface area contributed by atoms with Gasteiger partial charge in [0.2, 0.25) is 0 Å². The first-order chi connectivity index (χ1) is 5.56. The zero-order chi connectivity index (χ0) is 9.56. The van der Waals surface area contributed by atoms with Gasteiger partial charge in [0.25, 0.3) is 0 Å². The number of halogens is 1. The van der Waals surface area contributed by atoms with E-state index in [1.54, 1.807) is 0 Å². The molecule has 0 fully saturated rings. The summed E-state index contributed by atoms with van der Waals surface area (Å²) in [5.74, 6) is -0.123. The van der Waals surface area contributed by atoms with Crippen LogP contribution in [0.4, 0.5) is 0 Å². The average molecular weight is 209 g/mol. The molecule has 4 heteroatoms. The van der Waals surface area contributed by atoms with Crippen molar-refractivity contribution in [1.29, 1.82) is 0 Å². The Hall–Kier alpha value is 0.427. The van der Waals surface area contributed by atoms with E-state index in [1.807, 2.05) is 27.7 Å². The third-order valence-corrected chi connectivity index (χ3v) is 2.26. The van der Waals surface area contributed by atoms with E-state index in [9.17, 15) is 0 Å². The van der Waals surface area contributed by atoms with Crippen LogP contribution in [0.3, 0.4) is 0 Å². The highest BCUT2D eigenvalue weighted by Gasteiger charge is 2.13. The van der Waals surface area contributed by atoms with Gasteiger partial charge in [-0.05, 0) is 27.7 Å². The summed E-state index contributed by atoms with van der Waals surface area (Å²) in [6.07, 6.45) is 0.397. The average Bonchev–Trinajstić information content (AvgIpc) is 1.84. The SMILES string of the molecule is CC(C)OC(OC(C)C)[Si]CCl. The Bertz CT molecular complexity index is 99.2. The van der Waals surface area contributed by atoms with Crippen molar-refractivity contribution in [2.75, 3.05) is 5.50 Å². The summed E-state index contributed by atoms with van der Waals surface area (Å²) < 4.78 is 11.0. The summed E-state index contributed by atoms with van der Waals surface area (Å²) in [5.41, 5.74) is 0.601. The fraction of sp³-hybridized carbons (Fsp3) is 1.00. The predicted octanol–water partition coefficient (Wildman–Crippen LogP) is 2.02. The maximum absolute atomic E-state index is 5.62. The van der Waals surface area contributed by atoms with E-state index in [1.165, 1.54) is 0 Å². The molecule has 2 radical (unpaired) electrons. The van der Waals surface area contributed by atoms with E-state index in [4.69, 9.17) is 21.1 Å². The van der Waals surface area contributed by atoms with Gasteiger partial charge in [0.1, 0.15) is 15.4 Å². The third kappa shape index (κ3) is 7.10. The predicted molar refractivity (Wildman–Crippen MR) is 52.7 cm³/mol. The van der Waals surface area contributed by atoms with Crippen LogP contribution in [0.15, 0.2) is 0 Å². The Labute approximate surface area is 82.4 Å². The van der Waals surface area contributed by atoms with Crippen LogP contribution in [0.1, 0.15) is 27.7 Å². The van der Waals surface area contributed by atoms with Gasteiger partial charge >= 0.3 is 0 Å². The Morgan fingerprint density at radius 2 is 1.50 bits per heavy atom. The number of alkyl halides is 1. The van der Waals surface area contributed by atoms with Gasteiger partial charge in [-0.1, -0.05) is 0 Å². The zero-order valence-electron chi connectivity index (χ0n) is 8.13. The van der Waals surface area contributed by atoms with Crippen molar-refractivity contribution in [3.05, 3.63) is 0 Å². The molecule has 0 N–H and O–H groups in total. The molecule has 12 heavy (non-hydrogen) atoms. The molecule has 0 aliphatic rings. The van der Waals surface area contributed by atoms with Crippen LogP contribution in [0.5, 0.6) is 0 Å². The summed E-state index contributed by atoms with van der Waals surface area (Å²) in [6.45, 7) is 7.98. The maximum atomic E-state index is 5.62. The maximum Gasteiger partial charge on any atom is 0.139 e. The molecule has 0 rings (SSSR count). The van der Waals surface area contributed by atoms with Crippen molar-refractivity contribution in [2.45, 2.75) is 45.8 Å². The molecular weight excluding hydrogens is 192 g/mol. The molecule has 0 saturated carbocycles. The van der Waals surface area contributed by atoms with Gasteiger partial charge in [-0.2, -0.15) is 0 Å². The first-order valence-corrected chi connectivity index (χ1v) is 5.98. The van der Waals surface area contributed by atoms with Crippen LogP contribution in [-0.2, 0) is 9.47 Å². The molecular formula is C8H17ClO2Si. The fourth-order valence-corrected chi connectivity index (χ4v) is 1.93. The highest BCUT2D eigenvalue weighted by molar-refractivity contribution is 6.50. The molecule has 0 unspecified atom stereocenters. The van der Waals surface area contributed by atoms with Crippen molar-refractivity contribution in [3.8, 4) is 0 Å². The minimum atomic E-state index is -0.123. The van der Waals surface area contributed by atoms with Crippen LogP contribution in [0.25, 0.3) is 0 Å². The molecule has 0 bridgehead atoms. The second-order valence-electron chi connectivity index (χ2n) is 3.04. The zero-order valence-corrected chi connectivity index (χ0v) is 9.89. The topological polar surface area (TPSA) is 18.5 Å². The smallest absolute Gasteiger partial charge is 0.139 e. The minimum Gasteiger partial charge on any atom is -0.354 e. The summed E-state index contributed by atoms with van der Waals surface area (Å²) in [4.78, 5) is 0. The quantitative estimate of drug-likeness (QED) is 0.378. The Morgan fingerprint density at radius 1 is 1.08 bits per heavy atom. The van der Waals surface area contributed by atoms with Crippen molar-refractivity contribution in [2.24, 2.45) is 0 Å². The van der Waals surface area contributed by atoms with Gasteiger partial charge in [-0.15, -0.1) is 11.6 Å². The first kappa shape index (κ1) is 12.4. The van der Waals surface area contributed by atoms with E-state index in [0.29, 0.717) is 15.0 Å². The Morgan fingerprint density at radius 3 is 1.75 bits per heavy atom. The standard InChI is InChI=1S/C8H17ClO2Si/c1-6(2)10-8(12-5-9)11-7(3)4/h6-8H,5H2,1-4H3. The first-order valence-electron chi connectivity index (χ1n) is 4.16. The van der Waals surface area contributed by atoms with E-state index in [2.05, 4.69) is 0 Å². The molecule has 0 aliphatic heterocycles. The molecule has 0 aromatic heterocycles. The Kier molecular flexibility index (Phi) is 7.14. The fourth-order valence-electron chi connectivity index (χ4n) is 0.686. The van der Waals surface area contributed by atoms with Crippen molar-refractivity contribution in [1.82, 2.24) is 0 Å². The van der Waals surface area contributed by atoms with Gasteiger partial charge in [-0.25, -0.2) is 0 Å². The van der Waals surface area contributed by atoms with E-state index in [0.717, 1.165) is 0 Å². The van der Waals surface area contributed by atoms with Crippen LogP contribution in [0.2, 0.25) is 0 Å². The molecule has 2 nitrogen and oxygen atoms in total. The number of ether oxygens (including phenoxy) is 2. The third-order valence-electron chi connectivity index (χ3n) is 1.04. The lowest BCUT2D eigenvalue weighted by molar-refractivity contribution is -0.133. The van der Waals surface area contributed by atoms with Crippen molar-refractivity contribution < 1.29 is 9.47 Å². The summed E-state index contributed by atoms with van der Waals surface area (Å²) in [5, 5.41) is 0. The molecule has 0 saturated heterocycles. The molecule has 0 atom stereocenters. The number of rotatable bonds is 6. The Balaban J connectivity index is 3.69. The molecule has 0 aromatic rings. The lowest BCUT2D eigenvalue weighted by Gasteiger charge is -2.21. The van der Waals surface area contributed by atoms with Crippen LogP contribution in [0, 0.1) is 0 Å². The van der Waals surface area contributed by atoms with E-state index < -0.39 is 0 Å². The van der Waals surface area contributed by atoms with Crippen LogP contribution < -0.4 is 0 Å². The lowest BCUT2D eigenvalue weighted by Crippen LogP contribution is -2.31. The molecule has 0 spiro atoms. The van der Waals surface area contributed by atoms with E-state index in [-0.39, 0.29) is 18.1 Å². The normalized spacial score (nSPS) is 12.0. The van der Waals surface area contributed by atoms with Gasteiger partial charge in [-0.3, -0.25) is 0 Å². The second kappa shape index (κ2) is 6.89. The van der Waals surface area contributed by atoms with Crippen molar-refractivity contribution in [3.63, 3.8) is 0 Å². The summed E-state index contributed by atoms with van der Waals surface area (Å²) >= 11 is 5.62. The van der Waals surface area contributed by atoms with Gasteiger partial charge in [0.15, 0.2) is 0 Å². The number of hydrogen-bond acceptors (Lipinski definition) is 2. The van der Waals surface area contributed by atoms with Gasteiger partial charge < -0.3 is 9.47 Å². The largest absolute Gasteiger partial charge is 0.354 e. The molecule has 0 aliphatic carbocycles. The lowest BCUT2D eigenvalue weighted by atomic mass is 10.5. The van der Waals surface area contributed by atoms with Crippen LogP contribution >= 0.6 is 11.6 Å². The molecule has 0 amide bonds. The minimum absolute atomic E-state index is 0.123. The summed E-state index contributed by atoms with van der Waals surface area (Å²) in [6, 6.07) is 0. The van der Waals surface area contributed by atoms with Gasteiger partial charge in [0.05, 0.1) is 12.2 Å². The molecule has 0 heterocycles. The highest BCUT2D eigenvalue weighted by Crippen LogP contribution is 2.02. The summed E-state index contributed by atoms with van der Waals surface area (Å²) in [7, 11) is 0.513. The molecule has 0 aromatic carbocycles. The second-order valence-corrected chi connectivity index (χ2v) is 4.99. The van der Waals surface area contributed by atoms with Gasteiger partial charge in [0, 0.05) is 5.50 Å². The van der Waals surface area contributed by atoms with E-state index >= 15 is 0 Å². The number of hydrogen-bond donors (Lipinski definition) is 0. The molecule has 72 valence electrons. The monoisotopic (exact) mass is 208 g/mol. The highest BCUT2D eigenvalue weighted by atomic mass is 35.5. The van der Waals surface area contributed by atoms with Crippen LogP contribution in [-0.4, -0.2) is 33.1 Å². The van der Waals surface area contributed by atoms with Crippen molar-refractivity contribution >= 4 is 21.1 Å².